The van der Waals surface area contributed by atoms with Crippen LogP contribution in [-0.4, -0.2) is 46.4 Å². The highest BCUT2D eigenvalue weighted by Crippen LogP contribution is 2.19. The largest absolute Gasteiger partial charge is 0.469 e. The lowest BCUT2D eigenvalue weighted by Gasteiger charge is -2.28. The molecule has 1 aliphatic carbocycles. The van der Waals surface area contributed by atoms with Gasteiger partial charge in [0.25, 0.3) is 0 Å². The van der Waals surface area contributed by atoms with Crippen molar-refractivity contribution in [2.45, 2.75) is 50.6 Å². The SMILES string of the molecule is CNC1CCC(NS(=O)(=O)CCCC(=O)OC)CC1. The highest BCUT2D eigenvalue weighted by molar-refractivity contribution is 7.89. The second-order valence-electron chi connectivity index (χ2n) is 4.95. The van der Waals surface area contributed by atoms with E-state index in [-0.39, 0.29) is 24.2 Å². The van der Waals surface area contributed by atoms with Gasteiger partial charge >= 0.3 is 5.97 Å². The number of esters is 1. The van der Waals surface area contributed by atoms with Crippen molar-refractivity contribution < 1.29 is 17.9 Å². The van der Waals surface area contributed by atoms with Crippen molar-refractivity contribution in [1.82, 2.24) is 10.0 Å². The number of sulfonamides is 1. The summed E-state index contributed by atoms with van der Waals surface area (Å²) in [6.07, 6.45) is 4.15. The van der Waals surface area contributed by atoms with Gasteiger partial charge in [0.05, 0.1) is 12.9 Å². The van der Waals surface area contributed by atoms with Crippen molar-refractivity contribution in [3.63, 3.8) is 0 Å². The topological polar surface area (TPSA) is 84.5 Å². The highest BCUT2D eigenvalue weighted by Gasteiger charge is 2.23. The van der Waals surface area contributed by atoms with Gasteiger partial charge in [-0.05, 0) is 39.2 Å². The summed E-state index contributed by atoms with van der Waals surface area (Å²) in [5.41, 5.74) is 0. The number of nitrogens with one attached hydrogen (secondary N) is 2. The Balaban J connectivity index is 2.29. The predicted octanol–water partition coefficient (Wildman–Crippen LogP) is 0.390. The standard InChI is InChI=1S/C12H24N2O4S/c1-13-10-5-7-11(8-6-10)14-19(16,17)9-3-4-12(15)18-2/h10-11,13-14H,3-9H2,1-2H3. The summed E-state index contributed by atoms with van der Waals surface area (Å²) in [6, 6.07) is 0.535. The molecule has 7 heteroatoms. The average Bonchev–Trinajstić information content (AvgIpc) is 2.38. The number of hydrogen-bond donors (Lipinski definition) is 2. The molecule has 1 fully saturated rings. The Labute approximate surface area is 115 Å². The van der Waals surface area contributed by atoms with Crippen molar-refractivity contribution in [2.75, 3.05) is 19.9 Å². The fourth-order valence-electron chi connectivity index (χ4n) is 2.32. The van der Waals surface area contributed by atoms with Crippen molar-refractivity contribution >= 4 is 16.0 Å². The Bertz CT molecular complexity index is 375. The second kappa shape index (κ2) is 7.81. The zero-order chi connectivity index (χ0) is 14.3. The summed E-state index contributed by atoms with van der Waals surface area (Å²) in [7, 11) is -0.0541. The molecule has 0 unspecified atom stereocenters. The smallest absolute Gasteiger partial charge is 0.305 e. The van der Waals surface area contributed by atoms with E-state index in [9.17, 15) is 13.2 Å². The number of rotatable bonds is 7. The molecule has 2 N–H and O–H groups in total. The fourth-order valence-corrected chi connectivity index (χ4v) is 3.71. The zero-order valence-corrected chi connectivity index (χ0v) is 12.5. The highest BCUT2D eigenvalue weighted by atomic mass is 32.2. The Morgan fingerprint density at radius 3 is 2.32 bits per heavy atom. The quantitative estimate of drug-likeness (QED) is 0.663. The van der Waals surface area contributed by atoms with Gasteiger partial charge in [-0.25, -0.2) is 13.1 Å². The lowest BCUT2D eigenvalue weighted by Crippen LogP contribution is -2.42. The molecule has 6 nitrogen and oxygen atoms in total. The van der Waals surface area contributed by atoms with Crippen molar-refractivity contribution in [3.05, 3.63) is 0 Å². The van der Waals surface area contributed by atoms with Crippen LogP contribution in [0.4, 0.5) is 0 Å². The van der Waals surface area contributed by atoms with Gasteiger partial charge < -0.3 is 10.1 Å². The minimum atomic E-state index is -3.29. The third-order valence-electron chi connectivity index (χ3n) is 3.50. The molecule has 0 radical (unpaired) electrons. The predicted molar refractivity (Wildman–Crippen MR) is 73.3 cm³/mol. The van der Waals surface area contributed by atoms with E-state index in [4.69, 9.17) is 0 Å². The molecule has 112 valence electrons. The van der Waals surface area contributed by atoms with Gasteiger partial charge in [0.2, 0.25) is 10.0 Å². The Morgan fingerprint density at radius 2 is 1.79 bits per heavy atom. The van der Waals surface area contributed by atoms with E-state index in [1.165, 1.54) is 7.11 Å². The van der Waals surface area contributed by atoms with Crippen LogP contribution < -0.4 is 10.0 Å². The van der Waals surface area contributed by atoms with Crippen LogP contribution in [0.25, 0.3) is 0 Å². The summed E-state index contributed by atoms with van der Waals surface area (Å²) < 4.78 is 30.9. The van der Waals surface area contributed by atoms with Crippen LogP contribution in [0.1, 0.15) is 38.5 Å². The maximum atomic E-state index is 11.8. The van der Waals surface area contributed by atoms with E-state index >= 15 is 0 Å². The van der Waals surface area contributed by atoms with Crippen LogP contribution in [0.2, 0.25) is 0 Å². The third kappa shape index (κ3) is 6.35. The van der Waals surface area contributed by atoms with E-state index in [1.807, 2.05) is 7.05 Å². The molecule has 1 rings (SSSR count). The van der Waals surface area contributed by atoms with Gasteiger partial charge in [0.15, 0.2) is 0 Å². The Kier molecular flexibility index (Phi) is 6.74. The van der Waals surface area contributed by atoms with E-state index in [2.05, 4.69) is 14.8 Å². The van der Waals surface area contributed by atoms with E-state index in [0.717, 1.165) is 25.7 Å². The fraction of sp³-hybridized carbons (Fsp3) is 0.917. The zero-order valence-electron chi connectivity index (χ0n) is 11.6. The van der Waals surface area contributed by atoms with E-state index in [0.29, 0.717) is 12.5 Å². The molecule has 0 aliphatic heterocycles. The molecule has 0 aromatic rings. The normalized spacial score (nSPS) is 24.1. The van der Waals surface area contributed by atoms with Crippen LogP contribution in [0.15, 0.2) is 0 Å². The van der Waals surface area contributed by atoms with Gasteiger partial charge in [-0.2, -0.15) is 0 Å². The molecule has 0 bridgehead atoms. The summed E-state index contributed by atoms with van der Waals surface area (Å²) >= 11 is 0. The minimum absolute atomic E-state index is 0.0198. The second-order valence-corrected chi connectivity index (χ2v) is 6.83. The maximum absolute atomic E-state index is 11.8. The molecular formula is C12H24N2O4S. The number of hydrogen-bond acceptors (Lipinski definition) is 5. The Hall–Kier alpha value is -0.660. The van der Waals surface area contributed by atoms with Crippen molar-refractivity contribution in [1.29, 1.82) is 0 Å². The number of ether oxygens (including phenoxy) is 1. The van der Waals surface area contributed by atoms with Crippen LogP contribution in [-0.2, 0) is 19.6 Å². The third-order valence-corrected chi connectivity index (χ3v) is 5.02. The average molecular weight is 292 g/mol. The summed E-state index contributed by atoms with van der Waals surface area (Å²) in [5.74, 6) is -0.390. The minimum Gasteiger partial charge on any atom is -0.469 e. The number of carbonyl (C=O) groups excluding carboxylic acids is 1. The summed E-state index contributed by atoms with van der Waals surface area (Å²) in [4.78, 5) is 10.9. The lowest BCUT2D eigenvalue weighted by atomic mass is 9.92. The first-order valence-electron chi connectivity index (χ1n) is 6.71. The van der Waals surface area contributed by atoms with Gasteiger partial charge in [0, 0.05) is 18.5 Å². The molecule has 0 amide bonds. The monoisotopic (exact) mass is 292 g/mol. The van der Waals surface area contributed by atoms with Crippen LogP contribution in [0.5, 0.6) is 0 Å². The van der Waals surface area contributed by atoms with Crippen molar-refractivity contribution in [3.8, 4) is 0 Å². The van der Waals surface area contributed by atoms with Crippen molar-refractivity contribution in [2.24, 2.45) is 0 Å². The summed E-state index contributed by atoms with van der Waals surface area (Å²) in [6.45, 7) is 0. The molecule has 0 aromatic carbocycles. The Morgan fingerprint density at radius 1 is 1.21 bits per heavy atom. The van der Waals surface area contributed by atoms with E-state index in [1.54, 1.807) is 0 Å². The van der Waals surface area contributed by atoms with Gasteiger partial charge in [-0.1, -0.05) is 0 Å². The molecule has 0 heterocycles. The number of carbonyl (C=O) groups is 1. The van der Waals surface area contributed by atoms with Gasteiger partial charge in [0.1, 0.15) is 0 Å². The first-order valence-corrected chi connectivity index (χ1v) is 8.36. The van der Waals surface area contributed by atoms with E-state index < -0.39 is 10.0 Å². The van der Waals surface area contributed by atoms with Crippen LogP contribution in [0.3, 0.4) is 0 Å². The van der Waals surface area contributed by atoms with Gasteiger partial charge in [-0.3, -0.25) is 4.79 Å². The maximum Gasteiger partial charge on any atom is 0.305 e. The van der Waals surface area contributed by atoms with Crippen LogP contribution in [0, 0.1) is 0 Å². The molecule has 1 aliphatic rings. The number of methoxy groups -OCH3 is 1. The molecular weight excluding hydrogens is 268 g/mol. The molecule has 0 aromatic heterocycles. The molecule has 0 saturated heterocycles. The molecule has 0 atom stereocenters. The van der Waals surface area contributed by atoms with Gasteiger partial charge in [-0.15, -0.1) is 0 Å². The lowest BCUT2D eigenvalue weighted by molar-refractivity contribution is -0.140. The first kappa shape index (κ1) is 16.4. The molecule has 1 saturated carbocycles. The summed E-state index contributed by atoms with van der Waals surface area (Å²) in [5, 5.41) is 3.21. The van der Waals surface area contributed by atoms with Crippen LogP contribution >= 0.6 is 0 Å². The first-order chi connectivity index (χ1) is 8.96. The molecule has 19 heavy (non-hydrogen) atoms. The molecule has 0 spiro atoms.